The molecule has 1 nitrogen and oxygen atoms in total. The Hall–Kier alpha value is -5.92. The maximum absolute atomic E-state index is 9.42. The Balaban J connectivity index is 1.56. The van der Waals surface area contributed by atoms with Gasteiger partial charge in [0.1, 0.15) is 11.2 Å². The fourth-order valence-electron chi connectivity index (χ4n) is 5.19. The van der Waals surface area contributed by atoms with Crippen molar-refractivity contribution in [2.24, 2.45) is 0 Å². The SMILES string of the molecule is [2H]c1cc([2H])c([2H])c(-c2c([2H])c([2H])c(-c3c4c([2H])c([2H])c([2H])c([2H])c4c(-c4c([2H])c([2H])c([2H])c5c4oc4c([2H])c(-c6c([2H])c([2H])c([2H])c([2H])c6[2H])c([2H])c([2H])c45)c4c([2H])c([2H])c([2H])c([2H])c34)c([2H])c2[2H])c1[2H]. The van der Waals surface area contributed by atoms with Gasteiger partial charge >= 0.3 is 0 Å². The number of furan rings is 1. The molecule has 0 unspecified atom stereocenters. The van der Waals surface area contributed by atoms with Crippen LogP contribution in [0.2, 0.25) is 0 Å². The molecule has 1 aromatic heterocycles. The Morgan fingerprint density at radius 1 is 0.356 bits per heavy atom. The lowest BCUT2D eigenvalue weighted by molar-refractivity contribution is 0.670. The Morgan fingerprint density at radius 2 is 0.867 bits per heavy atom. The molecule has 0 atom stereocenters. The van der Waals surface area contributed by atoms with Gasteiger partial charge in [0, 0.05) is 21.9 Å². The van der Waals surface area contributed by atoms with Gasteiger partial charge in [-0.05, 0) is 67.0 Å². The molecular weight excluding hydrogens is 544 g/mol. The number of benzene rings is 8. The second-order valence-corrected chi connectivity index (χ2v) is 9.57. The van der Waals surface area contributed by atoms with Crippen molar-refractivity contribution >= 4 is 43.5 Å². The first-order chi connectivity index (χ1) is 33.6. The van der Waals surface area contributed by atoms with Crippen LogP contribution in [0.15, 0.2) is 174 Å². The van der Waals surface area contributed by atoms with Crippen LogP contribution in [-0.2, 0) is 0 Å². The minimum Gasteiger partial charge on any atom is -0.455 e. The zero-order chi connectivity index (χ0) is 53.2. The molecule has 0 saturated heterocycles. The minimum atomic E-state index is -1.03. The van der Waals surface area contributed by atoms with E-state index in [9.17, 15) is 15.1 Å². The number of para-hydroxylation sites is 1. The van der Waals surface area contributed by atoms with Crippen LogP contribution in [-0.4, -0.2) is 0 Å². The summed E-state index contributed by atoms with van der Waals surface area (Å²) in [6, 6.07) is -23.3. The summed E-state index contributed by atoms with van der Waals surface area (Å²) in [6.45, 7) is 0. The van der Waals surface area contributed by atoms with E-state index in [0.717, 1.165) is 6.07 Å². The van der Waals surface area contributed by atoms with E-state index in [1.54, 1.807) is 0 Å². The van der Waals surface area contributed by atoms with Crippen LogP contribution in [0.5, 0.6) is 0 Å². The first-order valence-corrected chi connectivity index (χ1v) is 13.2. The predicted octanol–water partition coefficient (Wildman–Crippen LogP) is 12.6. The van der Waals surface area contributed by atoms with Crippen molar-refractivity contribution < 1.29 is 41.4 Å². The molecule has 0 spiro atoms. The smallest absolute Gasteiger partial charge is 0.143 e. The minimum absolute atomic E-state index is 0.534. The van der Waals surface area contributed by atoms with Crippen LogP contribution < -0.4 is 0 Å². The number of hydrogen-bond acceptors (Lipinski definition) is 1. The molecule has 210 valence electrons. The molecule has 9 rings (SSSR count). The van der Waals surface area contributed by atoms with E-state index < -0.39 is 251 Å². The van der Waals surface area contributed by atoms with Gasteiger partial charge in [-0.25, -0.2) is 0 Å². The third-order valence-corrected chi connectivity index (χ3v) is 7.10. The first kappa shape index (κ1) is 10.3. The van der Waals surface area contributed by atoms with Gasteiger partial charge in [0.25, 0.3) is 0 Å². The second-order valence-electron chi connectivity index (χ2n) is 9.57. The predicted molar refractivity (Wildman–Crippen MR) is 190 cm³/mol. The molecule has 0 aliphatic heterocycles. The molecule has 9 aromatic rings. The lowest BCUT2D eigenvalue weighted by Crippen LogP contribution is -1.91. The van der Waals surface area contributed by atoms with Crippen LogP contribution in [0.3, 0.4) is 0 Å². The van der Waals surface area contributed by atoms with Crippen molar-refractivity contribution in [1.29, 1.82) is 0 Å². The molecule has 0 aliphatic rings. The van der Waals surface area contributed by atoms with Crippen molar-refractivity contribution in [3.05, 3.63) is 169 Å². The summed E-state index contributed by atoms with van der Waals surface area (Å²) in [5, 5.41) is -3.98. The summed E-state index contributed by atoms with van der Waals surface area (Å²) < 4.78 is 247. The summed E-state index contributed by atoms with van der Waals surface area (Å²) >= 11 is 0. The average Bonchev–Trinajstić information content (AvgIpc) is 3.75. The molecule has 1 heteroatoms. The highest BCUT2D eigenvalue weighted by molar-refractivity contribution is 6.24. The fraction of sp³-hybridized carbons (Fsp3) is 0. The van der Waals surface area contributed by atoms with Crippen molar-refractivity contribution in [2.75, 3.05) is 0 Å². The molecule has 0 saturated carbocycles. The lowest BCUT2D eigenvalue weighted by Gasteiger charge is -2.18. The third-order valence-electron chi connectivity index (χ3n) is 7.10. The molecule has 0 radical (unpaired) electrons. The van der Waals surface area contributed by atoms with Gasteiger partial charge in [-0.2, -0.15) is 0 Å². The second kappa shape index (κ2) is 10.4. The van der Waals surface area contributed by atoms with Gasteiger partial charge in [-0.3, -0.25) is 0 Å². The van der Waals surface area contributed by atoms with Crippen LogP contribution in [0, 0.1) is 0 Å². The Morgan fingerprint density at radius 3 is 1.56 bits per heavy atom. The average molecular weight is 600 g/mol. The van der Waals surface area contributed by atoms with Gasteiger partial charge in [-0.15, -0.1) is 0 Å². The van der Waals surface area contributed by atoms with Crippen molar-refractivity contribution in [3.63, 3.8) is 0 Å². The monoisotopic (exact) mass is 599 g/mol. The maximum Gasteiger partial charge on any atom is 0.143 e. The van der Waals surface area contributed by atoms with Gasteiger partial charge in [-0.1, -0.05) is 157 Å². The lowest BCUT2D eigenvalue weighted by atomic mass is 9.85. The molecule has 0 amide bonds. The van der Waals surface area contributed by atoms with Crippen molar-refractivity contribution in [1.82, 2.24) is 0 Å². The summed E-state index contributed by atoms with van der Waals surface area (Å²) in [5.41, 5.74) is -7.06. The molecule has 8 aromatic carbocycles. The van der Waals surface area contributed by atoms with E-state index in [1.165, 1.54) is 0 Å². The quantitative estimate of drug-likeness (QED) is 0.183. The number of hydrogen-bond donors (Lipinski definition) is 0. The van der Waals surface area contributed by atoms with Crippen molar-refractivity contribution in [2.45, 2.75) is 0 Å². The summed E-state index contributed by atoms with van der Waals surface area (Å²) in [6.07, 6.45) is 0. The largest absolute Gasteiger partial charge is 0.455 e. The summed E-state index contributed by atoms with van der Waals surface area (Å²) in [4.78, 5) is 0. The Labute approximate surface area is 299 Å². The zero-order valence-electron chi connectivity index (χ0n) is 49.5. The van der Waals surface area contributed by atoms with E-state index in [2.05, 4.69) is 0 Å². The third kappa shape index (κ3) is 4.17. The summed E-state index contributed by atoms with van der Waals surface area (Å²) in [7, 11) is 0. The standard InChI is InChI=1S/C44H28O/c1-3-12-29(13-4-1)31-22-24-32(25-23-31)42-35-16-7-9-18-37(35)43(38-19-10-8-17-36(38)42)40-21-11-20-39-34-27-26-33(28-41(34)45-44(39)40)30-14-5-2-6-15-30/h1-28H/i2D,3D,4D,5D,6D,7D,8D,9D,10D,11D,12D,13D,14D,15D,16D,17D,18D,19D,20D,21D,22D,23D,24D,25D,26D,27D,28D. The van der Waals surface area contributed by atoms with Gasteiger partial charge < -0.3 is 4.42 Å². The Bertz CT molecular complexity index is 3900. The van der Waals surface area contributed by atoms with E-state index in [4.69, 9.17) is 26.3 Å². The van der Waals surface area contributed by atoms with E-state index in [0.29, 0.717) is 0 Å². The van der Waals surface area contributed by atoms with Crippen molar-refractivity contribution in [3.8, 4) is 44.5 Å². The highest BCUT2D eigenvalue weighted by atomic mass is 16.3. The van der Waals surface area contributed by atoms with Crippen LogP contribution in [0.4, 0.5) is 0 Å². The number of rotatable bonds is 4. The normalized spacial score (nSPS) is 20.0. The highest BCUT2D eigenvalue weighted by Gasteiger charge is 2.20. The molecule has 0 bridgehead atoms. The van der Waals surface area contributed by atoms with E-state index in [-0.39, 0.29) is 0 Å². The summed E-state index contributed by atoms with van der Waals surface area (Å²) in [5.74, 6) is 0. The molecule has 0 fully saturated rings. The van der Waals surface area contributed by atoms with Crippen LogP contribution >= 0.6 is 0 Å². The maximum atomic E-state index is 9.42. The first-order valence-electron chi connectivity index (χ1n) is 26.7. The Kier molecular flexibility index (Phi) is 2.38. The van der Waals surface area contributed by atoms with Crippen LogP contribution in [0.25, 0.3) is 88.0 Å². The molecule has 0 aliphatic carbocycles. The topological polar surface area (TPSA) is 13.1 Å². The van der Waals surface area contributed by atoms with E-state index >= 15 is 0 Å². The molecule has 45 heavy (non-hydrogen) atoms. The molecule has 1 heterocycles. The van der Waals surface area contributed by atoms with Gasteiger partial charge in [0.2, 0.25) is 0 Å². The van der Waals surface area contributed by atoms with Gasteiger partial charge in [0.15, 0.2) is 0 Å². The molecule has 0 N–H and O–H groups in total. The zero-order valence-corrected chi connectivity index (χ0v) is 22.5. The van der Waals surface area contributed by atoms with Crippen LogP contribution in [0.1, 0.15) is 37.0 Å². The van der Waals surface area contributed by atoms with E-state index in [1.807, 2.05) is 0 Å². The fourth-order valence-corrected chi connectivity index (χ4v) is 5.19. The number of fused-ring (bicyclic) bond motifs is 5. The van der Waals surface area contributed by atoms with Gasteiger partial charge in [0.05, 0.1) is 37.0 Å². The molecular formula is C44H28O. The highest BCUT2D eigenvalue weighted by Crippen LogP contribution is 2.46.